The lowest BCUT2D eigenvalue weighted by Crippen LogP contribution is -2.31. The SMILES string of the molecule is NC1=N[C@@H](c2ccco2)n2nc3ncccc3c2N1. The molecule has 0 aliphatic carbocycles. The summed E-state index contributed by atoms with van der Waals surface area (Å²) in [4.78, 5) is 8.56. The van der Waals surface area contributed by atoms with Gasteiger partial charge in [-0.1, -0.05) is 0 Å². The van der Waals surface area contributed by atoms with Gasteiger partial charge in [-0.3, -0.25) is 0 Å². The summed E-state index contributed by atoms with van der Waals surface area (Å²) < 4.78 is 7.13. The summed E-state index contributed by atoms with van der Waals surface area (Å²) in [5, 5.41) is 8.37. The third-order valence-corrected chi connectivity index (χ3v) is 3.01. The van der Waals surface area contributed by atoms with Crippen molar-refractivity contribution in [2.75, 3.05) is 5.32 Å². The highest BCUT2D eigenvalue weighted by Crippen LogP contribution is 2.31. The van der Waals surface area contributed by atoms with Gasteiger partial charge in [-0.25, -0.2) is 14.7 Å². The van der Waals surface area contributed by atoms with Crippen LogP contribution in [-0.2, 0) is 0 Å². The maximum absolute atomic E-state index is 5.83. The molecule has 3 N–H and O–H groups in total. The molecule has 4 rings (SSSR count). The van der Waals surface area contributed by atoms with Gasteiger partial charge in [-0.2, -0.15) is 0 Å². The van der Waals surface area contributed by atoms with Gasteiger partial charge in [0.05, 0.1) is 11.6 Å². The molecule has 0 amide bonds. The molecule has 0 unspecified atom stereocenters. The lowest BCUT2D eigenvalue weighted by atomic mass is 10.3. The van der Waals surface area contributed by atoms with Crippen molar-refractivity contribution in [1.29, 1.82) is 0 Å². The Morgan fingerprint density at radius 3 is 3.11 bits per heavy atom. The minimum absolute atomic E-state index is 0.333. The number of pyridine rings is 1. The van der Waals surface area contributed by atoms with Crippen molar-refractivity contribution in [3.05, 3.63) is 42.5 Å². The van der Waals surface area contributed by atoms with Gasteiger partial charge < -0.3 is 15.5 Å². The molecule has 0 radical (unpaired) electrons. The number of rotatable bonds is 1. The van der Waals surface area contributed by atoms with Crippen LogP contribution in [0, 0.1) is 0 Å². The Hall–Kier alpha value is -2.83. The molecule has 4 heterocycles. The van der Waals surface area contributed by atoms with E-state index < -0.39 is 6.17 Å². The second kappa shape index (κ2) is 3.58. The highest BCUT2D eigenvalue weighted by atomic mass is 16.3. The molecule has 0 spiro atoms. The largest absolute Gasteiger partial charge is 0.465 e. The van der Waals surface area contributed by atoms with Crippen molar-refractivity contribution >= 4 is 22.8 Å². The van der Waals surface area contributed by atoms with Crippen LogP contribution in [0.3, 0.4) is 0 Å². The van der Waals surface area contributed by atoms with Crippen molar-refractivity contribution in [2.24, 2.45) is 10.7 Å². The molecule has 3 aromatic heterocycles. The Kier molecular flexibility index (Phi) is 1.91. The third kappa shape index (κ3) is 1.41. The van der Waals surface area contributed by atoms with Crippen molar-refractivity contribution in [1.82, 2.24) is 14.8 Å². The van der Waals surface area contributed by atoms with E-state index in [4.69, 9.17) is 10.2 Å². The Balaban J connectivity index is 1.98. The van der Waals surface area contributed by atoms with Crippen molar-refractivity contribution in [2.45, 2.75) is 6.17 Å². The molecular formula is C12H10N6O. The predicted molar refractivity (Wildman–Crippen MR) is 69.6 cm³/mol. The van der Waals surface area contributed by atoms with E-state index in [-0.39, 0.29) is 0 Å². The Morgan fingerprint density at radius 1 is 1.32 bits per heavy atom. The van der Waals surface area contributed by atoms with Crippen LogP contribution in [0.4, 0.5) is 5.82 Å². The molecule has 7 heteroatoms. The average Bonchev–Trinajstić information content (AvgIpc) is 3.05. The number of fused-ring (bicyclic) bond motifs is 3. The average molecular weight is 254 g/mol. The summed E-state index contributed by atoms with van der Waals surface area (Å²) in [6.45, 7) is 0. The highest BCUT2D eigenvalue weighted by Gasteiger charge is 2.26. The second-order valence-electron chi connectivity index (χ2n) is 4.20. The van der Waals surface area contributed by atoms with E-state index in [0.29, 0.717) is 17.4 Å². The number of aliphatic imine (C=N–C) groups is 1. The summed E-state index contributed by atoms with van der Waals surface area (Å²) in [7, 11) is 0. The Labute approximate surface area is 107 Å². The maximum atomic E-state index is 5.83. The van der Waals surface area contributed by atoms with Crippen molar-refractivity contribution < 1.29 is 4.42 Å². The first kappa shape index (κ1) is 10.1. The van der Waals surface area contributed by atoms with Gasteiger partial charge >= 0.3 is 0 Å². The minimum Gasteiger partial charge on any atom is -0.465 e. The van der Waals surface area contributed by atoms with E-state index in [1.165, 1.54) is 0 Å². The molecule has 7 nitrogen and oxygen atoms in total. The number of hydrogen-bond donors (Lipinski definition) is 2. The molecule has 94 valence electrons. The molecule has 1 aliphatic heterocycles. The number of furan rings is 1. The van der Waals surface area contributed by atoms with Crippen LogP contribution < -0.4 is 11.1 Å². The van der Waals surface area contributed by atoms with E-state index in [2.05, 4.69) is 20.4 Å². The molecule has 19 heavy (non-hydrogen) atoms. The molecule has 1 atom stereocenters. The second-order valence-corrected chi connectivity index (χ2v) is 4.20. The number of guanidine groups is 1. The lowest BCUT2D eigenvalue weighted by Gasteiger charge is -2.20. The van der Waals surface area contributed by atoms with Crippen LogP contribution in [0.5, 0.6) is 0 Å². The first-order chi connectivity index (χ1) is 9.33. The van der Waals surface area contributed by atoms with Crippen LogP contribution in [0.1, 0.15) is 11.9 Å². The first-order valence-electron chi connectivity index (χ1n) is 5.80. The number of hydrogen-bond acceptors (Lipinski definition) is 6. The zero-order chi connectivity index (χ0) is 12.8. The summed E-state index contributed by atoms with van der Waals surface area (Å²) in [6, 6.07) is 7.45. The minimum atomic E-state index is -0.402. The van der Waals surface area contributed by atoms with E-state index in [9.17, 15) is 0 Å². The van der Waals surface area contributed by atoms with Crippen molar-refractivity contribution in [3.63, 3.8) is 0 Å². The normalized spacial score (nSPS) is 17.9. The Bertz CT molecular complexity index is 773. The Morgan fingerprint density at radius 2 is 2.26 bits per heavy atom. The number of aromatic nitrogens is 3. The van der Waals surface area contributed by atoms with Gasteiger partial charge in [0, 0.05) is 6.20 Å². The monoisotopic (exact) mass is 254 g/mol. The summed E-state index contributed by atoms with van der Waals surface area (Å²) >= 11 is 0. The van der Waals surface area contributed by atoms with E-state index in [1.807, 2.05) is 24.3 Å². The lowest BCUT2D eigenvalue weighted by molar-refractivity contribution is 0.416. The van der Waals surface area contributed by atoms with Gasteiger partial charge in [-0.05, 0) is 24.3 Å². The van der Waals surface area contributed by atoms with Crippen LogP contribution >= 0.6 is 0 Å². The summed E-state index contributed by atoms with van der Waals surface area (Å²) in [6.07, 6.45) is 2.90. The zero-order valence-corrected chi connectivity index (χ0v) is 9.82. The molecule has 3 aromatic rings. The van der Waals surface area contributed by atoms with Gasteiger partial charge in [-0.15, -0.1) is 5.10 Å². The van der Waals surface area contributed by atoms with Crippen molar-refractivity contribution in [3.8, 4) is 0 Å². The number of nitrogens with one attached hydrogen (secondary N) is 1. The van der Waals surface area contributed by atoms with E-state index in [1.54, 1.807) is 17.1 Å². The summed E-state index contributed by atoms with van der Waals surface area (Å²) in [5.74, 6) is 1.79. The van der Waals surface area contributed by atoms with Crippen LogP contribution in [0.15, 0.2) is 46.1 Å². The molecule has 0 saturated carbocycles. The highest BCUT2D eigenvalue weighted by molar-refractivity contribution is 6.00. The quantitative estimate of drug-likeness (QED) is 0.682. The molecule has 0 fully saturated rings. The summed E-state index contributed by atoms with van der Waals surface area (Å²) in [5.41, 5.74) is 6.48. The first-order valence-corrected chi connectivity index (χ1v) is 5.80. The molecular weight excluding hydrogens is 244 g/mol. The number of anilines is 1. The zero-order valence-electron chi connectivity index (χ0n) is 9.82. The number of nitrogens with two attached hydrogens (primary N) is 1. The molecule has 0 bridgehead atoms. The van der Waals surface area contributed by atoms with E-state index in [0.717, 1.165) is 11.2 Å². The maximum Gasteiger partial charge on any atom is 0.205 e. The fraction of sp³-hybridized carbons (Fsp3) is 0.0833. The van der Waals surface area contributed by atoms with Gasteiger partial charge in [0.25, 0.3) is 0 Å². The standard InChI is InChI=1S/C12H10N6O/c13-12-15-10-7-3-1-5-14-9(7)17-18(10)11(16-12)8-4-2-6-19-8/h1-6,11H,(H3,13,15,16)/t11-/m1/s1. The van der Waals surface area contributed by atoms with Crippen LogP contribution in [-0.4, -0.2) is 20.7 Å². The van der Waals surface area contributed by atoms with Crippen LogP contribution in [0.25, 0.3) is 11.0 Å². The molecule has 0 saturated heterocycles. The van der Waals surface area contributed by atoms with Crippen LogP contribution in [0.2, 0.25) is 0 Å². The fourth-order valence-electron chi connectivity index (χ4n) is 2.20. The molecule has 1 aliphatic rings. The van der Waals surface area contributed by atoms with E-state index >= 15 is 0 Å². The molecule has 0 aromatic carbocycles. The van der Waals surface area contributed by atoms with Gasteiger partial charge in [0.1, 0.15) is 5.82 Å². The topological polar surface area (TPSA) is 94.3 Å². The fourth-order valence-corrected chi connectivity index (χ4v) is 2.20. The van der Waals surface area contributed by atoms with Gasteiger partial charge in [0.15, 0.2) is 17.4 Å². The smallest absolute Gasteiger partial charge is 0.205 e. The third-order valence-electron chi connectivity index (χ3n) is 3.01. The van der Waals surface area contributed by atoms with Gasteiger partial charge in [0.2, 0.25) is 6.17 Å². The predicted octanol–water partition coefficient (Wildman–Crippen LogP) is 1.31. The number of nitrogens with zero attached hydrogens (tertiary/aromatic N) is 4.